The fourth-order valence-corrected chi connectivity index (χ4v) is 2.78. The Labute approximate surface area is 127 Å². The van der Waals surface area contributed by atoms with Crippen LogP contribution in [0.15, 0.2) is 39.4 Å². The van der Waals surface area contributed by atoms with Crippen LogP contribution >= 0.6 is 27.5 Å². The minimum absolute atomic E-state index is 0.0302. The molecule has 2 nitrogen and oxygen atoms in total. The molecule has 0 radical (unpaired) electrons. The van der Waals surface area contributed by atoms with Gasteiger partial charge < -0.3 is 9.73 Å². The normalized spacial score (nSPS) is 12.6. The molecule has 0 saturated carbocycles. The molecule has 1 unspecified atom stereocenters. The lowest BCUT2D eigenvalue weighted by atomic mass is 10.0. The highest BCUT2D eigenvalue weighted by molar-refractivity contribution is 9.10. The summed E-state index contributed by atoms with van der Waals surface area (Å²) in [5, 5.41) is 4.24. The summed E-state index contributed by atoms with van der Waals surface area (Å²) in [4.78, 5) is 0. The average molecular weight is 343 g/mol. The van der Waals surface area contributed by atoms with Crippen molar-refractivity contribution in [1.82, 2.24) is 5.32 Å². The predicted molar refractivity (Wildman–Crippen MR) is 82.7 cm³/mol. The van der Waals surface area contributed by atoms with Crippen LogP contribution in [0.4, 0.5) is 0 Å². The number of rotatable bonds is 5. The van der Waals surface area contributed by atoms with Crippen molar-refractivity contribution >= 4 is 27.5 Å². The molecule has 0 spiro atoms. The standard InChI is InChI=1S/C15H17BrClNO/c1-3-7-18-14(15-12(16)6-8-19-15)11-5-4-10(2)9-13(11)17/h4-6,8-9,14,18H,3,7H2,1-2H3. The van der Waals surface area contributed by atoms with E-state index in [9.17, 15) is 0 Å². The van der Waals surface area contributed by atoms with Crippen LogP contribution in [-0.2, 0) is 0 Å². The minimum atomic E-state index is -0.0302. The highest BCUT2D eigenvalue weighted by atomic mass is 79.9. The molecule has 0 aliphatic carbocycles. The van der Waals surface area contributed by atoms with Crippen LogP contribution in [-0.4, -0.2) is 6.54 Å². The zero-order chi connectivity index (χ0) is 13.8. The van der Waals surface area contributed by atoms with Gasteiger partial charge >= 0.3 is 0 Å². The Morgan fingerprint density at radius 3 is 2.74 bits per heavy atom. The Kier molecular flexibility index (Phi) is 5.08. The first-order valence-corrected chi connectivity index (χ1v) is 7.53. The van der Waals surface area contributed by atoms with E-state index in [0.29, 0.717) is 0 Å². The van der Waals surface area contributed by atoms with E-state index in [1.54, 1.807) is 6.26 Å². The van der Waals surface area contributed by atoms with Crippen LogP contribution in [0.25, 0.3) is 0 Å². The Balaban J connectivity index is 2.40. The zero-order valence-electron chi connectivity index (χ0n) is 11.0. The van der Waals surface area contributed by atoms with Gasteiger partial charge in [0, 0.05) is 5.02 Å². The van der Waals surface area contributed by atoms with Gasteiger partial charge in [0.05, 0.1) is 16.8 Å². The summed E-state index contributed by atoms with van der Waals surface area (Å²) in [5.74, 6) is 0.860. The molecule has 0 aliphatic heterocycles. The van der Waals surface area contributed by atoms with Gasteiger partial charge in [-0.25, -0.2) is 0 Å². The summed E-state index contributed by atoms with van der Waals surface area (Å²) in [6.45, 7) is 5.08. The topological polar surface area (TPSA) is 25.2 Å². The third kappa shape index (κ3) is 3.41. The van der Waals surface area contributed by atoms with E-state index in [1.807, 2.05) is 19.1 Å². The summed E-state index contributed by atoms with van der Waals surface area (Å²) >= 11 is 9.89. The second-order valence-corrected chi connectivity index (χ2v) is 5.81. The lowest BCUT2D eigenvalue weighted by Gasteiger charge is -2.19. The highest BCUT2D eigenvalue weighted by Gasteiger charge is 2.21. The van der Waals surface area contributed by atoms with Crippen molar-refractivity contribution in [2.75, 3.05) is 6.54 Å². The summed E-state index contributed by atoms with van der Waals surface area (Å²) in [5.41, 5.74) is 2.19. The predicted octanol–water partition coefficient (Wildman–Crippen LogP) is 5.09. The largest absolute Gasteiger partial charge is 0.466 e. The number of hydrogen-bond donors (Lipinski definition) is 1. The second kappa shape index (κ2) is 6.60. The molecule has 0 saturated heterocycles. The van der Waals surface area contributed by atoms with Crippen molar-refractivity contribution in [3.8, 4) is 0 Å². The van der Waals surface area contributed by atoms with E-state index < -0.39 is 0 Å². The van der Waals surface area contributed by atoms with Crippen LogP contribution in [0.3, 0.4) is 0 Å². The number of benzene rings is 1. The van der Waals surface area contributed by atoms with Crippen LogP contribution < -0.4 is 5.32 Å². The Morgan fingerprint density at radius 2 is 2.16 bits per heavy atom. The third-order valence-electron chi connectivity index (χ3n) is 2.97. The fourth-order valence-electron chi connectivity index (χ4n) is 2.01. The molecule has 0 bridgehead atoms. The van der Waals surface area contributed by atoms with Crippen molar-refractivity contribution in [3.05, 3.63) is 56.9 Å². The number of aryl methyl sites for hydroxylation is 1. The third-order valence-corrected chi connectivity index (χ3v) is 3.95. The van der Waals surface area contributed by atoms with Crippen molar-refractivity contribution < 1.29 is 4.42 Å². The zero-order valence-corrected chi connectivity index (χ0v) is 13.4. The van der Waals surface area contributed by atoms with Gasteiger partial charge in [-0.15, -0.1) is 0 Å². The monoisotopic (exact) mass is 341 g/mol. The van der Waals surface area contributed by atoms with Crippen molar-refractivity contribution in [3.63, 3.8) is 0 Å². The van der Waals surface area contributed by atoms with Crippen LogP contribution in [0.1, 0.15) is 36.3 Å². The second-order valence-electron chi connectivity index (χ2n) is 4.54. The van der Waals surface area contributed by atoms with Gasteiger partial charge in [-0.1, -0.05) is 30.7 Å². The number of hydrogen-bond acceptors (Lipinski definition) is 2. The molecule has 1 atom stereocenters. The van der Waals surface area contributed by atoms with Crippen molar-refractivity contribution in [1.29, 1.82) is 0 Å². The Hall–Kier alpha value is -0.770. The van der Waals surface area contributed by atoms with Crippen LogP contribution in [0, 0.1) is 6.92 Å². The van der Waals surface area contributed by atoms with Gasteiger partial charge in [0.2, 0.25) is 0 Å². The van der Waals surface area contributed by atoms with E-state index in [4.69, 9.17) is 16.0 Å². The highest BCUT2D eigenvalue weighted by Crippen LogP contribution is 2.33. The molecule has 2 aromatic rings. The SMILES string of the molecule is CCCNC(c1ccc(C)cc1Cl)c1occc1Br. The fraction of sp³-hybridized carbons (Fsp3) is 0.333. The molecule has 4 heteroatoms. The first-order valence-electron chi connectivity index (χ1n) is 6.35. The molecular weight excluding hydrogens is 326 g/mol. The van der Waals surface area contributed by atoms with E-state index in [-0.39, 0.29) is 6.04 Å². The molecule has 19 heavy (non-hydrogen) atoms. The van der Waals surface area contributed by atoms with Gasteiger partial charge in [-0.3, -0.25) is 0 Å². The molecule has 2 rings (SSSR count). The molecular formula is C15H17BrClNO. The molecule has 1 N–H and O–H groups in total. The van der Waals surface area contributed by atoms with Gasteiger partial charge in [-0.05, 0) is 59.1 Å². The molecule has 1 heterocycles. The van der Waals surface area contributed by atoms with E-state index in [1.165, 1.54) is 0 Å². The number of furan rings is 1. The molecule has 0 fully saturated rings. The van der Waals surface area contributed by atoms with Gasteiger partial charge in [0.15, 0.2) is 0 Å². The lowest BCUT2D eigenvalue weighted by Crippen LogP contribution is -2.23. The minimum Gasteiger partial charge on any atom is -0.466 e. The molecule has 1 aromatic heterocycles. The van der Waals surface area contributed by atoms with Crippen molar-refractivity contribution in [2.45, 2.75) is 26.3 Å². The quantitative estimate of drug-likeness (QED) is 0.818. The first-order chi connectivity index (χ1) is 9.13. The smallest absolute Gasteiger partial charge is 0.139 e. The summed E-state index contributed by atoms with van der Waals surface area (Å²) in [6.07, 6.45) is 2.74. The number of halogens is 2. The molecule has 0 aliphatic rings. The van der Waals surface area contributed by atoms with E-state index >= 15 is 0 Å². The number of nitrogens with one attached hydrogen (secondary N) is 1. The summed E-state index contributed by atoms with van der Waals surface area (Å²) in [7, 11) is 0. The van der Waals surface area contributed by atoms with Crippen LogP contribution in [0.2, 0.25) is 5.02 Å². The Bertz CT molecular complexity index is 553. The maximum atomic E-state index is 6.38. The van der Waals surface area contributed by atoms with Gasteiger partial charge in [0.25, 0.3) is 0 Å². The molecule has 102 valence electrons. The lowest BCUT2D eigenvalue weighted by molar-refractivity contribution is 0.444. The summed E-state index contributed by atoms with van der Waals surface area (Å²) in [6, 6.07) is 7.97. The van der Waals surface area contributed by atoms with E-state index in [2.05, 4.69) is 40.3 Å². The molecule has 0 amide bonds. The first kappa shape index (κ1) is 14.6. The average Bonchev–Trinajstić information content (AvgIpc) is 2.78. The maximum absolute atomic E-state index is 6.38. The van der Waals surface area contributed by atoms with Crippen LogP contribution in [0.5, 0.6) is 0 Å². The maximum Gasteiger partial charge on any atom is 0.139 e. The summed E-state index contributed by atoms with van der Waals surface area (Å²) < 4.78 is 6.55. The van der Waals surface area contributed by atoms with Crippen molar-refractivity contribution in [2.24, 2.45) is 0 Å². The Morgan fingerprint density at radius 1 is 1.37 bits per heavy atom. The van der Waals surface area contributed by atoms with Gasteiger partial charge in [-0.2, -0.15) is 0 Å². The van der Waals surface area contributed by atoms with Gasteiger partial charge in [0.1, 0.15) is 5.76 Å². The molecule has 1 aromatic carbocycles. The van der Waals surface area contributed by atoms with E-state index in [0.717, 1.165) is 39.3 Å².